The van der Waals surface area contributed by atoms with Crippen molar-refractivity contribution in [1.82, 2.24) is 15.0 Å². The van der Waals surface area contributed by atoms with E-state index in [-0.39, 0.29) is 11.4 Å². The van der Waals surface area contributed by atoms with Crippen molar-refractivity contribution >= 4 is 17.8 Å². The van der Waals surface area contributed by atoms with Crippen LogP contribution in [-0.2, 0) is 0 Å². The Bertz CT molecular complexity index is 420. The van der Waals surface area contributed by atoms with Crippen LogP contribution in [0.5, 0.6) is 0 Å². The van der Waals surface area contributed by atoms with E-state index >= 15 is 0 Å². The first-order valence-electron chi connectivity index (χ1n) is 6.94. The normalized spacial score (nSPS) is 16.5. The van der Waals surface area contributed by atoms with E-state index < -0.39 is 0 Å². The summed E-state index contributed by atoms with van der Waals surface area (Å²) in [6, 6.07) is 0. The molecule has 0 radical (unpaired) electrons. The molecule has 1 aromatic rings. The van der Waals surface area contributed by atoms with Gasteiger partial charge in [-0.2, -0.15) is 15.0 Å². The van der Waals surface area contributed by atoms with Crippen LogP contribution >= 0.6 is 0 Å². The third kappa shape index (κ3) is 4.22. The average molecular weight is 264 g/mol. The summed E-state index contributed by atoms with van der Waals surface area (Å²) in [5.74, 6) is 1.55. The topological polar surface area (TPSA) is 80.0 Å². The molecule has 6 nitrogen and oxygen atoms in total. The van der Waals surface area contributed by atoms with Gasteiger partial charge in [-0.15, -0.1) is 0 Å². The predicted octanol–water partition coefficient (Wildman–Crippen LogP) is 1.90. The highest BCUT2D eigenvalue weighted by atomic mass is 15.3. The summed E-state index contributed by atoms with van der Waals surface area (Å²) in [6.45, 7) is 9.29. The number of aromatic nitrogens is 3. The maximum Gasteiger partial charge on any atom is 0.231 e. The highest BCUT2D eigenvalue weighted by Gasteiger charge is 2.16. The molecular formula is C13H24N6. The molecule has 1 saturated heterocycles. The van der Waals surface area contributed by atoms with Crippen LogP contribution < -0.4 is 16.0 Å². The van der Waals surface area contributed by atoms with Crippen LogP contribution in [-0.4, -0.2) is 34.6 Å². The maximum absolute atomic E-state index is 5.78. The van der Waals surface area contributed by atoms with Crippen LogP contribution in [0, 0.1) is 5.41 Å². The van der Waals surface area contributed by atoms with Crippen molar-refractivity contribution in [2.45, 2.75) is 40.0 Å². The molecule has 6 heteroatoms. The first-order chi connectivity index (χ1) is 8.94. The summed E-state index contributed by atoms with van der Waals surface area (Å²) in [5, 5.41) is 3.24. The second-order valence-corrected chi connectivity index (χ2v) is 6.28. The van der Waals surface area contributed by atoms with Gasteiger partial charge in [-0.3, -0.25) is 0 Å². The van der Waals surface area contributed by atoms with E-state index in [0.29, 0.717) is 11.9 Å². The molecule has 0 aromatic carbocycles. The summed E-state index contributed by atoms with van der Waals surface area (Å²) in [4.78, 5) is 15.1. The Kier molecular flexibility index (Phi) is 4.07. The second-order valence-electron chi connectivity index (χ2n) is 6.28. The average Bonchev–Trinajstić information content (AvgIpc) is 2.36. The Morgan fingerprint density at radius 1 is 1.11 bits per heavy atom. The lowest BCUT2D eigenvalue weighted by Crippen LogP contribution is -2.31. The zero-order valence-electron chi connectivity index (χ0n) is 12.1. The smallest absolute Gasteiger partial charge is 0.231 e. The van der Waals surface area contributed by atoms with Crippen molar-refractivity contribution < 1.29 is 0 Å². The molecule has 2 heterocycles. The van der Waals surface area contributed by atoms with Gasteiger partial charge in [-0.05, 0) is 24.7 Å². The van der Waals surface area contributed by atoms with Crippen molar-refractivity contribution in [2.75, 3.05) is 35.6 Å². The van der Waals surface area contributed by atoms with E-state index in [1.807, 2.05) is 0 Å². The molecule has 1 fully saturated rings. The molecular weight excluding hydrogens is 240 g/mol. The van der Waals surface area contributed by atoms with Gasteiger partial charge in [0.2, 0.25) is 17.8 Å². The molecule has 19 heavy (non-hydrogen) atoms. The lowest BCUT2D eigenvalue weighted by molar-refractivity contribution is 0.441. The first-order valence-corrected chi connectivity index (χ1v) is 6.94. The minimum atomic E-state index is 0.173. The van der Waals surface area contributed by atoms with E-state index in [0.717, 1.165) is 19.6 Å². The van der Waals surface area contributed by atoms with Crippen LogP contribution in [0.25, 0.3) is 0 Å². The van der Waals surface area contributed by atoms with Gasteiger partial charge >= 0.3 is 0 Å². The van der Waals surface area contributed by atoms with Gasteiger partial charge < -0.3 is 16.0 Å². The third-order valence-electron chi connectivity index (χ3n) is 3.06. The Morgan fingerprint density at radius 2 is 1.79 bits per heavy atom. The number of piperidine rings is 1. The number of hydrogen-bond acceptors (Lipinski definition) is 6. The molecule has 0 amide bonds. The SMILES string of the molecule is CC(C)(C)CNc1nc(N)nc(N2CCCCC2)n1. The molecule has 0 spiro atoms. The summed E-state index contributed by atoms with van der Waals surface area (Å²) >= 11 is 0. The minimum absolute atomic E-state index is 0.173. The molecule has 2 rings (SSSR count). The summed E-state index contributed by atoms with van der Waals surface area (Å²) in [5.41, 5.74) is 5.95. The van der Waals surface area contributed by atoms with Gasteiger partial charge in [0.25, 0.3) is 0 Å². The molecule has 1 aliphatic rings. The number of rotatable bonds is 3. The number of anilines is 3. The molecule has 1 aromatic heterocycles. The fraction of sp³-hybridized carbons (Fsp3) is 0.769. The summed E-state index contributed by atoms with van der Waals surface area (Å²) in [7, 11) is 0. The Labute approximate surface area is 114 Å². The summed E-state index contributed by atoms with van der Waals surface area (Å²) < 4.78 is 0. The zero-order chi connectivity index (χ0) is 13.9. The van der Waals surface area contributed by atoms with Crippen LogP contribution in [0.4, 0.5) is 17.8 Å². The van der Waals surface area contributed by atoms with Crippen molar-refractivity contribution in [3.05, 3.63) is 0 Å². The van der Waals surface area contributed by atoms with Crippen LogP contribution in [0.1, 0.15) is 40.0 Å². The van der Waals surface area contributed by atoms with Crippen molar-refractivity contribution in [3.8, 4) is 0 Å². The predicted molar refractivity (Wildman–Crippen MR) is 78.2 cm³/mol. The van der Waals surface area contributed by atoms with Crippen LogP contribution in [0.15, 0.2) is 0 Å². The standard InChI is InChI=1S/C13H24N6/c1-13(2,3)9-15-11-16-10(14)17-12(18-11)19-7-5-4-6-8-19/h4-9H2,1-3H3,(H3,14,15,16,17,18). The van der Waals surface area contributed by atoms with Crippen LogP contribution in [0.2, 0.25) is 0 Å². The molecule has 0 unspecified atom stereocenters. The van der Waals surface area contributed by atoms with Gasteiger partial charge in [-0.1, -0.05) is 20.8 Å². The van der Waals surface area contributed by atoms with Gasteiger partial charge in [-0.25, -0.2) is 0 Å². The molecule has 106 valence electrons. The number of nitrogen functional groups attached to an aromatic ring is 1. The highest BCUT2D eigenvalue weighted by molar-refractivity contribution is 5.42. The highest BCUT2D eigenvalue weighted by Crippen LogP contribution is 2.18. The first kappa shape index (κ1) is 13.8. The van der Waals surface area contributed by atoms with E-state index in [1.165, 1.54) is 19.3 Å². The number of nitrogens with zero attached hydrogens (tertiary/aromatic N) is 4. The van der Waals surface area contributed by atoms with Gasteiger partial charge in [0.15, 0.2) is 0 Å². The quantitative estimate of drug-likeness (QED) is 0.868. The number of hydrogen-bond donors (Lipinski definition) is 2. The molecule has 3 N–H and O–H groups in total. The lowest BCUT2D eigenvalue weighted by atomic mass is 9.97. The fourth-order valence-corrected chi connectivity index (χ4v) is 2.04. The number of nitrogens with two attached hydrogens (primary N) is 1. The van der Waals surface area contributed by atoms with E-state index in [4.69, 9.17) is 5.73 Å². The Balaban J connectivity index is 2.10. The summed E-state index contributed by atoms with van der Waals surface area (Å²) in [6.07, 6.45) is 3.67. The van der Waals surface area contributed by atoms with Crippen molar-refractivity contribution in [3.63, 3.8) is 0 Å². The Morgan fingerprint density at radius 3 is 2.42 bits per heavy atom. The largest absolute Gasteiger partial charge is 0.368 e. The van der Waals surface area contributed by atoms with Gasteiger partial charge in [0.05, 0.1) is 0 Å². The lowest BCUT2D eigenvalue weighted by Gasteiger charge is -2.27. The van der Waals surface area contributed by atoms with Gasteiger partial charge in [0.1, 0.15) is 0 Å². The van der Waals surface area contributed by atoms with E-state index in [9.17, 15) is 0 Å². The number of nitrogens with one attached hydrogen (secondary N) is 1. The monoisotopic (exact) mass is 264 g/mol. The molecule has 1 aliphatic heterocycles. The molecule has 0 aliphatic carbocycles. The fourth-order valence-electron chi connectivity index (χ4n) is 2.04. The van der Waals surface area contributed by atoms with Crippen molar-refractivity contribution in [2.24, 2.45) is 5.41 Å². The zero-order valence-corrected chi connectivity index (χ0v) is 12.1. The second kappa shape index (κ2) is 5.59. The molecule has 0 atom stereocenters. The van der Waals surface area contributed by atoms with E-state index in [1.54, 1.807) is 0 Å². The molecule has 0 bridgehead atoms. The minimum Gasteiger partial charge on any atom is -0.368 e. The Hall–Kier alpha value is -1.59. The molecule has 0 saturated carbocycles. The van der Waals surface area contributed by atoms with Crippen molar-refractivity contribution in [1.29, 1.82) is 0 Å². The van der Waals surface area contributed by atoms with Crippen LogP contribution in [0.3, 0.4) is 0 Å². The maximum atomic E-state index is 5.78. The van der Waals surface area contributed by atoms with E-state index in [2.05, 4.69) is 45.9 Å². The van der Waals surface area contributed by atoms with Gasteiger partial charge in [0, 0.05) is 19.6 Å². The third-order valence-corrected chi connectivity index (χ3v) is 3.06.